The van der Waals surface area contributed by atoms with Crippen LogP contribution in [0.4, 0.5) is 0 Å². The Bertz CT molecular complexity index is 773. The zero-order chi connectivity index (χ0) is 31.9. The Morgan fingerprint density at radius 3 is 1.41 bits per heavy atom. The second-order valence-corrected chi connectivity index (χ2v) is 15.2. The highest BCUT2D eigenvalue weighted by molar-refractivity contribution is 5.78. The number of hydrogen-bond acceptors (Lipinski definition) is 3. The summed E-state index contributed by atoms with van der Waals surface area (Å²) in [5.41, 5.74) is 0. The molecule has 0 radical (unpaired) electrons. The first-order valence-electron chi connectivity index (χ1n) is 19.0. The summed E-state index contributed by atoms with van der Waals surface area (Å²) in [6, 6.07) is 0. The normalized spacial score (nSPS) is 16.5. The number of ether oxygens (including phenoxy) is 1. The first-order chi connectivity index (χ1) is 21.2. The van der Waals surface area contributed by atoms with Gasteiger partial charge in [0.2, 0.25) is 11.8 Å². The molecule has 2 aliphatic heterocycles. The lowest BCUT2D eigenvalue weighted by Gasteiger charge is -2.39. The number of likely N-dealkylation sites (tertiary alicyclic amines) is 2. The van der Waals surface area contributed by atoms with Crippen molar-refractivity contribution in [3.05, 3.63) is 0 Å². The highest BCUT2D eigenvalue weighted by atomic mass is 35.5. The minimum absolute atomic E-state index is 0. The lowest BCUT2D eigenvalue weighted by Crippen LogP contribution is -3.00. The Kier molecular flexibility index (Phi) is 26.9. The van der Waals surface area contributed by atoms with Gasteiger partial charge in [-0.3, -0.25) is 19.4 Å². The maximum Gasteiger partial charge on any atom is 0.226 e. The SMILES string of the molecule is CCCCCCCCCCCCCCCCCCOCCC[N+](C)(CCC[N+](C)(C)CN1CCCC1=O)CN1CCCC1=O.[Cl-].[Cl-]. The van der Waals surface area contributed by atoms with Crippen molar-refractivity contribution in [1.82, 2.24) is 9.80 Å². The van der Waals surface area contributed by atoms with Gasteiger partial charge in [-0.1, -0.05) is 103 Å². The lowest BCUT2D eigenvalue weighted by molar-refractivity contribution is -0.929. The number of quaternary nitrogens is 2. The zero-order valence-electron chi connectivity index (χ0n) is 30.7. The van der Waals surface area contributed by atoms with Crippen LogP contribution in [0, 0.1) is 0 Å². The van der Waals surface area contributed by atoms with Gasteiger partial charge in [0, 0.05) is 45.4 Å². The molecule has 46 heavy (non-hydrogen) atoms. The fourth-order valence-corrected chi connectivity index (χ4v) is 7.19. The van der Waals surface area contributed by atoms with Crippen LogP contribution in [0.2, 0.25) is 0 Å². The molecule has 7 nitrogen and oxygen atoms in total. The molecule has 274 valence electrons. The molecule has 2 fully saturated rings. The minimum Gasteiger partial charge on any atom is -1.00 e. The van der Waals surface area contributed by atoms with E-state index in [0.717, 1.165) is 93.9 Å². The van der Waals surface area contributed by atoms with Crippen LogP contribution < -0.4 is 24.8 Å². The fourth-order valence-electron chi connectivity index (χ4n) is 7.19. The number of carbonyl (C=O) groups excluding carboxylic acids is 2. The largest absolute Gasteiger partial charge is 1.00 e. The maximum absolute atomic E-state index is 12.4. The number of unbranched alkanes of at least 4 members (excludes halogenated alkanes) is 15. The van der Waals surface area contributed by atoms with Crippen molar-refractivity contribution >= 4 is 11.8 Å². The molecule has 9 heteroatoms. The third-order valence-electron chi connectivity index (χ3n) is 10.00. The molecule has 0 N–H and O–H groups in total. The molecule has 1 unspecified atom stereocenters. The van der Waals surface area contributed by atoms with Crippen molar-refractivity contribution in [1.29, 1.82) is 0 Å². The third-order valence-corrected chi connectivity index (χ3v) is 10.00. The van der Waals surface area contributed by atoms with Crippen LogP contribution in [-0.4, -0.2) is 111 Å². The molecule has 0 spiro atoms. The second-order valence-electron chi connectivity index (χ2n) is 15.2. The molecule has 0 aromatic rings. The van der Waals surface area contributed by atoms with Gasteiger partial charge in [0.1, 0.15) is 0 Å². The van der Waals surface area contributed by atoms with Gasteiger partial charge >= 0.3 is 0 Å². The standard InChI is InChI=1S/C37H74N4O3.2ClH/c1-5-6-7-8-9-10-11-12-13-14-15-16-17-18-19-20-32-44-33-24-31-41(4,35-39-28-22-26-37(39)43)30-23-29-40(2,3)34-38-27-21-25-36(38)42;;/h5-35H2,1-4H3;2*1H/q+2;;/p-2. The van der Waals surface area contributed by atoms with Gasteiger partial charge in [-0.2, -0.15) is 0 Å². The van der Waals surface area contributed by atoms with Crippen LogP contribution >= 0.6 is 0 Å². The van der Waals surface area contributed by atoms with Crippen LogP contribution in [0.1, 0.15) is 148 Å². The van der Waals surface area contributed by atoms with E-state index in [-0.39, 0.29) is 24.8 Å². The molecule has 0 aromatic carbocycles. The molecule has 0 saturated carbocycles. The molecule has 0 aromatic heterocycles. The number of hydrogen-bond donors (Lipinski definition) is 0. The Morgan fingerprint density at radius 2 is 0.957 bits per heavy atom. The molecule has 2 aliphatic rings. The fraction of sp³-hybridized carbons (Fsp3) is 0.946. The zero-order valence-corrected chi connectivity index (χ0v) is 32.2. The summed E-state index contributed by atoms with van der Waals surface area (Å²) in [6.45, 7) is 10.6. The molecular weight excluding hydrogens is 619 g/mol. The van der Waals surface area contributed by atoms with Crippen molar-refractivity contribution in [2.75, 3.05) is 80.4 Å². The number of carbonyl (C=O) groups is 2. The first kappa shape index (κ1) is 45.4. The van der Waals surface area contributed by atoms with Gasteiger partial charge in [-0.05, 0) is 19.3 Å². The van der Waals surface area contributed by atoms with E-state index in [2.05, 4.69) is 33.0 Å². The van der Waals surface area contributed by atoms with E-state index in [0.29, 0.717) is 24.7 Å². The summed E-state index contributed by atoms with van der Waals surface area (Å²) in [7, 11) is 6.81. The summed E-state index contributed by atoms with van der Waals surface area (Å²) in [5.74, 6) is 0.627. The minimum atomic E-state index is 0. The molecule has 2 amide bonds. The van der Waals surface area contributed by atoms with Crippen molar-refractivity contribution < 1.29 is 48.1 Å². The number of amides is 2. The van der Waals surface area contributed by atoms with Gasteiger partial charge in [0.25, 0.3) is 0 Å². The third kappa shape index (κ3) is 21.4. The van der Waals surface area contributed by atoms with Crippen molar-refractivity contribution in [2.45, 2.75) is 148 Å². The van der Waals surface area contributed by atoms with Crippen LogP contribution in [0.3, 0.4) is 0 Å². The van der Waals surface area contributed by atoms with Crippen LogP contribution in [0.5, 0.6) is 0 Å². The predicted molar refractivity (Wildman–Crippen MR) is 184 cm³/mol. The van der Waals surface area contributed by atoms with Crippen molar-refractivity contribution in [3.8, 4) is 0 Å². The smallest absolute Gasteiger partial charge is 0.226 e. The van der Waals surface area contributed by atoms with Crippen LogP contribution in [0.15, 0.2) is 0 Å². The first-order valence-corrected chi connectivity index (χ1v) is 19.0. The summed E-state index contributed by atoms with van der Waals surface area (Å²) >= 11 is 0. The summed E-state index contributed by atoms with van der Waals surface area (Å²) < 4.78 is 7.80. The van der Waals surface area contributed by atoms with E-state index in [1.807, 2.05) is 4.90 Å². The Morgan fingerprint density at radius 1 is 0.543 bits per heavy atom. The predicted octanol–water partition coefficient (Wildman–Crippen LogP) is 1.74. The average Bonchev–Trinajstić information content (AvgIpc) is 3.57. The summed E-state index contributed by atoms with van der Waals surface area (Å²) in [4.78, 5) is 28.7. The van der Waals surface area contributed by atoms with E-state index in [4.69, 9.17) is 4.74 Å². The van der Waals surface area contributed by atoms with E-state index in [1.165, 1.54) is 103 Å². The lowest BCUT2D eigenvalue weighted by atomic mass is 10.0. The molecule has 0 aliphatic carbocycles. The summed E-state index contributed by atoms with van der Waals surface area (Å²) in [6.07, 6.45) is 27.9. The molecule has 1 atom stereocenters. The van der Waals surface area contributed by atoms with E-state index in [1.54, 1.807) is 0 Å². The molecular formula is C37H74Cl2N4O3. The van der Waals surface area contributed by atoms with Crippen molar-refractivity contribution in [2.24, 2.45) is 0 Å². The molecule has 2 rings (SSSR count). The number of halogens is 2. The van der Waals surface area contributed by atoms with Gasteiger partial charge in [0.05, 0.1) is 47.4 Å². The summed E-state index contributed by atoms with van der Waals surface area (Å²) in [5, 5.41) is 0. The number of nitrogens with zero attached hydrogens (tertiary/aromatic N) is 4. The van der Waals surface area contributed by atoms with Gasteiger partial charge in [-0.15, -0.1) is 0 Å². The van der Waals surface area contributed by atoms with Gasteiger partial charge < -0.3 is 38.5 Å². The Labute approximate surface area is 297 Å². The quantitative estimate of drug-likeness (QED) is 0.0887. The Hall–Kier alpha value is -0.600. The van der Waals surface area contributed by atoms with Crippen LogP contribution in [-0.2, 0) is 14.3 Å². The van der Waals surface area contributed by atoms with E-state index < -0.39 is 0 Å². The van der Waals surface area contributed by atoms with Gasteiger partial charge in [0.15, 0.2) is 13.3 Å². The molecule has 0 bridgehead atoms. The second kappa shape index (κ2) is 27.2. The van der Waals surface area contributed by atoms with Gasteiger partial charge in [-0.25, -0.2) is 0 Å². The van der Waals surface area contributed by atoms with Crippen molar-refractivity contribution in [3.63, 3.8) is 0 Å². The van der Waals surface area contributed by atoms with E-state index in [9.17, 15) is 9.59 Å². The number of rotatable bonds is 29. The topological polar surface area (TPSA) is 49.9 Å². The van der Waals surface area contributed by atoms with Crippen LogP contribution in [0.25, 0.3) is 0 Å². The molecule has 2 saturated heterocycles. The highest BCUT2D eigenvalue weighted by Crippen LogP contribution is 2.18. The maximum atomic E-state index is 12.4. The van der Waals surface area contributed by atoms with E-state index >= 15 is 0 Å². The monoisotopic (exact) mass is 693 g/mol. The molecule has 2 heterocycles. The Balaban J connectivity index is 0.0000101. The average molecular weight is 694 g/mol. The highest BCUT2D eigenvalue weighted by Gasteiger charge is 2.32.